The van der Waals surface area contributed by atoms with Crippen molar-refractivity contribution in [2.75, 3.05) is 13.2 Å². The van der Waals surface area contributed by atoms with Crippen LogP contribution in [0.1, 0.15) is 44.9 Å². The first-order chi connectivity index (χ1) is 7.33. The van der Waals surface area contributed by atoms with Crippen molar-refractivity contribution in [3.8, 4) is 0 Å². The van der Waals surface area contributed by atoms with Crippen molar-refractivity contribution in [1.82, 2.24) is 4.90 Å². The Morgan fingerprint density at radius 1 is 1.00 bits per heavy atom. The quantitative estimate of drug-likeness (QED) is 0.736. The fourth-order valence-electron chi connectivity index (χ4n) is 3.28. The summed E-state index contributed by atoms with van der Waals surface area (Å²) in [6.45, 7) is 0.964. The van der Waals surface area contributed by atoms with Crippen LogP contribution in [0.15, 0.2) is 0 Å². The predicted octanol–water partition coefficient (Wildman–Crippen LogP) is 1.14. The third-order valence-electron chi connectivity index (χ3n) is 4.02. The Morgan fingerprint density at radius 2 is 1.73 bits per heavy atom. The number of aliphatic hydroxyl groups excluding tert-OH is 2. The Hall–Kier alpha value is -0.120. The van der Waals surface area contributed by atoms with Gasteiger partial charge in [0, 0.05) is 18.6 Å². The molecule has 2 unspecified atom stereocenters. The first-order valence-electron chi connectivity index (χ1n) is 6.37. The summed E-state index contributed by atoms with van der Waals surface area (Å²) >= 11 is 0. The van der Waals surface area contributed by atoms with E-state index in [0.717, 1.165) is 25.8 Å². The third kappa shape index (κ3) is 2.52. The normalized spacial score (nSPS) is 33.0. The van der Waals surface area contributed by atoms with E-state index in [2.05, 4.69) is 4.90 Å². The van der Waals surface area contributed by atoms with E-state index in [4.69, 9.17) is 5.11 Å². The average molecular weight is 213 g/mol. The lowest BCUT2D eigenvalue weighted by Gasteiger charge is -2.35. The van der Waals surface area contributed by atoms with Crippen molar-refractivity contribution < 1.29 is 10.2 Å². The maximum atomic E-state index is 9.92. The minimum atomic E-state index is -0.155. The second-order valence-electron chi connectivity index (χ2n) is 4.97. The highest BCUT2D eigenvalue weighted by Gasteiger charge is 2.35. The SMILES string of the molecule is OCCN(C1CCCC1)C1CCCC1O. The third-order valence-corrected chi connectivity index (χ3v) is 4.02. The van der Waals surface area contributed by atoms with E-state index in [1.54, 1.807) is 0 Å². The molecule has 2 fully saturated rings. The van der Waals surface area contributed by atoms with Gasteiger partial charge in [-0.25, -0.2) is 0 Å². The van der Waals surface area contributed by atoms with Crippen LogP contribution >= 0.6 is 0 Å². The van der Waals surface area contributed by atoms with Gasteiger partial charge >= 0.3 is 0 Å². The molecule has 2 aliphatic rings. The van der Waals surface area contributed by atoms with Crippen LogP contribution in [0.5, 0.6) is 0 Å². The van der Waals surface area contributed by atoms with Crippen molar-refractivity contribution in [1.29, 1.82) is 0 Å². The monoisotopic (exact) mass is 213 g/mol. The second-order valence-corrected chi connectivity index (χ2v) is 4.97. The molecule has 0 radical (unpaired) electrons. The van der Waals surface area contributed by atoms with Crippen LogP contribution in [0.4, 0.5) is 0 Å². The maximum absolute atomic E-state index is 9.92. The van der Waals surface area contributed by atoms with Gasteiger partial charge in [-0.2, -0.15) is 0 Å². The van der Waals surface area contributed by atoms with Gasteiger partial charge in [0.05, 0.1) is 12.7 Å². The van der Waals surface area contributed by atoms with Gasteiger partial charge in [0.1, 0.15) is 0 Å². The second kappa shape index (κ2) is 5.28. The maximum Gasteiger partial charge on any atom is 0.0695 e. The van der Waals surface area contributed by atoms with Crippen molar-refractivity contribution in [3.63, 3.8) is 0 Å². The minimum absolute atomic E-state index is 0.155. The van der Waals surface area contributed by atoms with Gasteiger partial charge in [-0.1, -0.05) is 12.8 Å². The predicted molar refractivity (Wildman–Crippen MR) is 59.7 cm³/mol. The summed E-state index contributed by atoms with van der Waals surface area (Å²) in [5, 5.41) is 19.0. The largest absolute Gasteiger partial charge is 0.395 e. The highest BCUT2D eigenvalue weighted by atomic mass is 16.3. The van der Waals surface area contributed by atoms with Gasteiger partial charge in [-0.3, -0.25) is 4.90 Å². The molecule has 2 saturated carbocycles. The summed E-state index contributed by atoms with van der Waals surface area (Å²) in [5.41, 5.74) is 0. The Kier molecular flexibility index (Phi) is 4.00. The van der Waals surface area contributed by atoms with E-state index in [1.807, 2.05) is 0 Å². The van der Waals surface area contributed by atoms with Gasteiger partial charge in [-0.05, 0) is 32.1 Å². The van der Waals surface area contributed by atoms with Gasteiger partial charge in [0.25, 0.3) is 0 Å². The van der Waals surface area contributed by atoms with Crippen molar-refractivity contribution >= 4 is 0 Å². The molecule has 0 aromatic rings. The fraction of sp³-hybridized carbons (Fsp3) is 1.00. The van der Waals surface area contributed by atoms with Crippen LogP contribution < -0.4 is 0 Å². The zero-order chi connectivity index (χ0) is 10.7. The van der Waals surface area contributed by atoms with Crippen LogP contribution in [0.25, 0.3) is 0 Å². The van der Waals surface area contributed by atoms with Crippen molar-refractivity contribution in [2.24, 2.45) is 0 Å². The lowest BCUT2D eigenvalue weighted by molar-refractivity contribution is 0.0331. The zero-order valence-corrected chi connectivity index (χ0v) is 9.44. The molecule has 0 amide bonds. The van der Waals surface area contributed by atoms with E-state index in [9.17, 15) is 5.11 Å². The Bertz CT molecular complexity index is 192. The number of hydrogen-bond acceptors (Lipinski definition) is 3. The molecule has 0 aromatic heterocycles. The highest BCUT2D eigenvalue weighted by Crippen LogP contribution is 2.31. The number of hydrogen-bond donors (Lipinski definition) is 2. The Labute approximate surface area is 92.1 Å². The molecule has 3 nitrogen and oxygen atoms in total. The van der Waals surface area contributed by atoms with Gasteiger partial charge in [0.15, 0.2) is 0 Å². The molecule has 2 N–H and O–H groups in total. The topological polar surface area (TPSA) is 43.7 Å². The summed E-state index contributed by atoms with van der Waals surface area (Å²) in [6, 6.07) is 0.940. The fourth-order valence-corrected chi connectivity index (χ4v) is 3.28. The number of rotatable bonds is 4. The van der Waals surface area contributed by atoms with E-state index >= 15 is 0 Å². The first kappa shape index (κ1) is 11.4. The molecule has 3 heteroatoms. The van der Waals surface area contributed by atoms with Gasteiger partial charge in [-0.15, -0.1) is 0 Å². The van der Waals surface area contributed by atoms with E-state index in [0.29, 0.717) is 12.1 Å². The minimum Gasteiger partial charge on any atom is -0.395 e. The Balaban J connectivity index is 1.97. The summed E-state index contributed by atoms with van der Waals surface area (Å²) < 4.78 is 0. The molecular weight excluding hydrogens is 190 g/mol. The molecule has 15 heavy (non-hydrogen) atoms. The molecule has 0 aliphatic heterocycles. The molecule has 0 aromatic carbocycles. The highest BCUT2D eigenvalue weighted by molar-refractivity contribution is 4.90. The molecule has 2 rings (SSSR count). The summed E-state index contributed by atoms with van der Waals surface area (Å²) in [4.78, 5) is 2.38. The molecule has 0 heterocycles. The van der Waals surface area contributed by atoms with E-state index in [1.165, 1.54) is 25.7 Å². The molecule has 88 valence electrons. The average Bonchev–Trinajstić information content (AvgIpc) is 2.85. The van der Waals surface area contributed by atoms with Gasteiger partial charge < -0.3 is 10.2 Å². The molecule has 2 atom stereocenters. The van der Waals surface area contributed by atoms with Crippen LogP contribution in [-0.2, 0) is 0 Å². The lowest BCUT2D eigenvalue weighted by atomic mass is 10.1. The van der Waals surface area contributed by atoms with E-state index < -0.39 is 0 Å². The summed E-state index contributed by atoms with van der Waals surface area (Å²) in [6.07, 6.45) is 8.17. The molecule has 0 spiro atoms. The number of aliphatic hydroxyl groups is 2. The number of nitrogens with zero attached hydrogens (tertiary/aromatic N) is 1. The molecular formula is C12H23NO2. The summed E-state index contributed by atoms with van der Waals surface area (Å²) in [7, 11) is 0. The molecule has 0 saturated heterocycles. The van der Waals surface area contributed by atoms with E-state index in [-0.39, 0.29) is 12.7 Å². The standard InChI is InChI=1S/C12H23NO2/c14-9-8-13(10-4-1-2-5-10)11-6-3-7-12(11)15/h10-12,14-15H,1-9H2. The molecule has 2 aliphatic carbocycles. The summed E-state index contributed by atoms with van der Waals surface area (Å²) in [5.74, 6) is 0. The Morgan fingerprint density at radius 3 is 2.27 bits per heavy atom. The van der Waals surface area contributed by atoms with Crippen molar-refractivity contribution in [3.05, 3.63) is 0 Å². The lowest BCUT2D eigenvalue weighted by Crippen LogP contribution is -2.47. The van der Waals surface area contributed by atoms with Crippen LogP contribution in [-0.4, -0.2) is 46.5 Å². The first-order valence-corrected chi connectivity index (χ1v) is 6.37. The van der Waals surface area contributed by atoms with Crippen LogP contribution in [0.3, 0.4) is 0 Å². The van der Waals surface area contributed by atoms with Crippen LogP contribution in [0.2, 0.25) is 0 Å². The smallest absolute Gasteiger partial charge is 0.0695 e. The zero-order valence-electron chi connectivity index (χ0n) is 9.44. The molecule has 0 bridgehead atoms. The van der Waals surface area contributed by atoms with Crippen LogP contribution in [0, 0.1) is 0 Å². The van der Waals surface area contributed by atoms with Crippen molar-refractivity contribution in [2.45, 2.75) is 63.1 Å². The van der Waals surface area contributed by atoms with Gasteiger partial charge in [0.2, 0.25) is 0 Å².